The lowest BCUT2D eigenvalue weighted by Gasteiger charge is -2.35. The van der Waals surface area contributed by atoms with Crippen molar-refractivity contribution in [1.29, 1.82) is 0 Å². The number of nitrogens with zero attached hydrogens (tertiary/aromatic N) is 4. The lowest BCUT2D eigenvalue weighted by atomic mass is 9.97. The number of rotatable bonds is 4. The quantitative estimate of drug-likeness (QED) is 0.939. The van der Waals surface area contributed by atoms with Crippen LogP contribution in [0.4, 0.5) is 5.13 Å². The van der Waals surface area contributed by atoms with Crippen molar-refractivity contribution < 1.29 is 4.79 Å². The van der Waals surface area contributed by atoms with Gasteiger partial charge in [-0.05, 0) is 19.4 Å². The van der Waals surface area contributed by atoms with Gasteiger partial charge < -0.3 is 0 Å². The number of piperidine rings is 1. The van der Waals surface area contributed by atoms with Gasteiger partial charge in [-0.25, -0.2) is 4.98 Å². The van der Waals surface area contributed by atoms with Gasteiger partial charge in [0.2, 0.25) is 5.91 Å². The van der Waals surface area contributed by atoms with Gasteiger partial charge >= 0.3 is 0 Å². The predicted molar refractivity (Wildman–Crippen MR) is 82.3 cm³/mol. The van der Waals surface area contributed by atoms with E-state index in [1.165, 1.54) is 23.3 Å². The van der Waals surface area contributed by atoms with Gasteiger partial charge in [0, 0.05) is 36.4 Å². The van der Waals surface area contributed by atoms with Crippen LogP contribution >= 0.6 is 11.3 Å². The molecular formula is C14H19N5OS. The molecule has 7 heteroatoms. The fourth-order valence-electron chi connectivity index (χ4n) is 2.77. The Balaban J connectivity index is 1.68. The van der Waals surface area contributed by atoms with Crippen LogP contribution in [-0.2, 0) is 4.79 Å². The summed E-state index contributed by atoms with van der Waals surface area (Å²) in [6.07, 6.45) is 8.92. The van der Waals surface area contributed by atoms with Crippen LogP contribution in [0, 0.1) is 0 Å². The monoisotopic (exact) mass is 305 g/mol. The minimum absolute atomic E-state index is 0.0837. The Morgan fingerprint density at radius 3 is 3.19 bits per heavy atom. The number of thiazole rings is 1. The van der Waals surface area contributed by atoms with E-state index < -0.39 is 0 Å². The fraction of sp³-hybridized carbons (Fsp3) is 0.500. The molecule has 0 radical (unpaired) electrons. The van der Waals surface area contributed by atoms with Gasteiger partial charge in [0.05, 0.1) is 12.7 Å². The van der Waals surface area contributed by atoms with E-state index in [1.807, 2.05) is 17.8 Å². The number of anilines is 1. The normalized spacial score (nSPS) is 19.6. The molecule has 1 atom stereocenters. The zero-order valence-electron chi connectivity index (χ0n) is 12.0. The van der Waals surface area contributed by atoms with Gasteiger partial charge in [0.15, 0.2) is 5.13 Å². The highest BCUT2D eigenvalue weighted by atomic mass is 32.1. The lowest BCUT2D eigenvalue weighted by molar-refractivity contribution is -0.120. The van der Waals surface area contributed by atoms with Crippen LogP contribution in [-0.4, -0.2) is 46.1 Å². The Morgan fingerprint density at radius 1 is 1.57 bits per heavy atom. The second-order valence-electron chi connectivity index (χ2n) is 5.28. The smallest absolute Gasteiger partial charge is 0.242 e. The summed E-state index contributed by atoms with van der Waals surface area (Å²) in [5, 5.41) is 9.53. The summed E-state index contributed by atoms with van der Waals surface area (Å²) in [5.74, 6) is 0.0837. The topological polar surface area (TPSA) is 65.1 Å². The van der Waals surface area contributed by atoms with Crippen molar-refractivity contribution in [3.05, 3.63) is 29.5 Å². The molecule has 1 amide bonds. The van der Waals surface area contributed by atoms with E-state index in [9.17, 15) is 4.79 Å². The Kier molecular flexibility index (Phi) is 4.31. The highest BCUT2D eigenvalue weighted by molar-refractivity contribution is 7.13. The van der Waals surface area contributed by atoms with Crippen LogP contribution in [0.15, 0.2) is 24.0 Å². The third-order valence-electron chi connectivity index (χ3n) is 3.94. The van der Waals surface area contributed by atoms with E-state index in [-0.39, 0.29) is 11.9 Å². The number of nitrogens with one attached hydrogen (secondary N) is 1. The Labute approximate surface area is 127 Å². The van der Waals surface area contributed by atoms with Crippen molar-refractivity contribution in [2.24, 2.45) is 0 Å². The molecule has 0 saturated carbocycles. The molecule has 0 bridgehead atoms. The van der Waals surface area contributed by atoms with Gasteiger partial charge in [-0.2, -0.15) is 5.10 Å². The molecule has 2 aromatic heterocycles. The molecule has 1 unspecified atom stereocenters. The number of H-pyrrole nitrogens is 1. The minimum atomic E-state index is 0.0837. The molecule has 0 aliphatic carbocycles. The van der Waals surface area contributed by atoms with E-state index in [2.05, 4.69) is 20.1 Å². The third-order valence-corrected chi connectivity index (χ3v) is 4.78. The van der Waals surface area contributed by atoms with Crippen molar-refractivity contribution in [1.82, 2.24) is 20.1 Å². The van der Waals surface area contributed by atoms with Gasteiger partial charge in [-0.3, -0.25) is 19.7 Å². The summed E-state index contributed by atoms with van der Waals surface area (Å²) < 4.78 is 0. The first kappa shape index (κ1) is 14.2. The van der Waals surface area contributed by atoms with Crippen molar-refractivity contribution in [3.63, 3.8) is 0 Å². The zero-order chi connectivity index (χ0) is 14.7. The zero-order valence-corrected chi connectivity index (χ0v) is 12.8. The number of carbonyl (C=O) groups excluding carboxylic acids is 1. The summed E-state index contributed by atoms with van der Waals surface area (Å²) >= 11 is 1.48. The molecule has 21 heavy (non-hydrogen) atoms. The minimum Gasteiger partial charge on any atom is -0.290 e. The molecule has 1 aliphatic heterocycles. The Bertz CT molecular complexity index is 568. The Morgan fingerprint density at radius 2 is 2.48 bits per heavy atom. The van der Waals surface area contributed by atoms with Gasteiger partial charge in [-0.1, -0.05) is 6.42 Å². The van der Waals surface area contributed by atoms with E-state index in [0.29, 0.717) is 6.54 Å². The molecule has 2 aromatic rings. The predicted octanol–water partition coefficient (Wildman–Crippen LogP) is 2.06. The molecule has 112 valence electrons. The first-order valence-electron chi connectivity index (χ1n) is 7.14. The van der Waals surface area contributed by atoms with Crippen molar-refractivity contribution in [2.45, 2.75) is 25.3 Å². The number of carbonyl (C=O) groups is 1. The van der Waals surface area contributed by atoms with E-state index >= 15 is 0 Å². The summed E-state index contributed by atoms with van der Waals surface area (Å²) in [7, 11) is 1.79. The first-order chi connectivity index (χ1) is 10.3. The molecular weight excluding hydrogens is 286 g/mol. The molecule has 3 heterocycles. The van der Waals surface area contributed by atoms with Crippen LogP contribution in [0.25, 0.3) is 0 Å². The maximum absolute atomic E-state index is 12.5. The standard InChI is InChI=1S/C14H19N5OS/c1-18(14-15-5-7-21-14)13(20)10-19-6-3-2-4-12(19)11-8-16-17-9-11/h5,7-9,12H,2-4,6,10H2,1H3,(H,16,17). The average molecular weight is 305 g/mol. The lowest BCUT2D eigenvalue weighted by Crippen LogP contribution is -2.42. The van der Waals surface area contributed by atoms with Crippen molar-refractivity contribution in [3.8, 4) is 0 Å². The SMILES string of the molecule is CN(C(=O)CN1CCCCC1c1cn[nH]c1)c1nccs1. The van der Waals surface area contributed by atoms with E-state index in [4.69, 9.17) is 0 Å². The van der Waals surface area contributed by atoms with Crippen LogP contribution in [0.5, 0.6) is 0 Å². The van der Waals surface area contributed by atoms with Crippen molar-refractivity contribution in [2.75, 3.05) is 25.0 Å². The van der Waals surface area contributed by atoms with Gasteiger partial charge in [-0.15, -0.1) is 11.3 Å². The second-order valence-corrected chi connectivity index (χ2v) is 6.15. The average Bonchev–Trinajstić information content (AvgIpc) is 3.20. The molecule has 1 aliphatic rings. The molecule has 1 fully saturated rings. The summed E-state index contributed by atoms with van der Waals surface area (Å²) in [5.41, 5.74) is 1.17. The highest BCUT2D eigenvalue weighted by Crippen LogP contribution is 2.30. The molecule has 0 aromatic carbocycles. The largest absolute Gasteiger partial charge is 0.290 e. The number of aromatic nitrogens is 3. The molecule has 3 rings (SSSR count). The third kappa shape index (κ3) is 3.14. The number of amides is 1. The highest BCUT2D eigenvalue weighted by Gasteiger charge is 2.27. The number of hydrogen-bond acceptors (Lipinski definition) is 5. The van der Waals surface area contributed by atoms with Crippen LogP contribution < -0.4 is 4.90 Å². The number of aromatic amines is 1. The molecule has 1 N–H and O–H groups in total. The number of likely N-dealkylation sites (tertiary alicyclic amines) is 1. The molecule has 0 spiro atoms. The maximum Gasteiger partial charge on any atom is 0.242 e. The van der Waals surface area contributed by atoms with Crippen LogP contribution in [0.2, 0.25) is 0 Å². The van der Waals surface area contributed by atoms with E-state index in [0.717, 1.165) is 24.5 Å². The summed E-state index contributed by atoms with van der Waals surface area (Å²) in [4.78, 5) is 20.5. The Hall–Kier alpha value is -1.73. The molecule has 6 nitrogen and oxygen atoms in total. The van der Waals surface area contributed by atoms with Crippen LogP contribution in [0.3, 0.4) is 0 Å². The van der Waals surface area contributed by atoms with E-state index in [1.54, 1.807) is 18.1 Å². The number of likely N-dealkylation sites (N-methyl/N-ethyl adjacent to an activating group) is 1. The van der Waals surface area contributed by atoms with Crippen LogP contribution in [0.1, 0.15) is 30.9 Å². The van der Waals surface area contributed by atoms with Crippen molar-refractivity contribution >= 4 is 22.4 Å². The second kappa shape index (κ2) is 6.36. The first-order valence-corrected chi connectivity index (χ1v) is 8.02. The maximum atomic E-state index is 12.5. The summed E-state index contributed by atoms with van der Waals surface area (Å²) in [6, 6.07) is 0.283. The fourth-order valence-corrected chi connectivity index (χ4v) is 3.39. The van der Waals surface area contributed by atoms with Gasteiger partial charge in [0.1, 0.15) is 0 Å². The molecule has 1 saturated heterocycles. The number of hydrogen-bond donors (Lipinski definition) is 1. The van der Waals surface area contributed by atoms with Gasteiger partial charge in [0.25, 0.3) is 0 Å². The summed E-state index contributed by atoms with van der Waals surface area (Å²) in [6.45, 7) is 1.37.